The Morgan fingerprint density at radius 3 is 2.83 bits per heavy atom. The summed E-state index contributed by atoms with van der Waals surface area (Å²) in [6.07, 6.45) is 3.35. The molecule has 0 bridgehead atoms. The third kappa shape index (κ3) is 3.32. The molecule has 0 aromatic heterocycles. The molecule has 2 unspecified atom stereocenters. The lowest BCUT2D eigenvalue weighted by atomic mass is 10.0. The van der Waals surface area contributed by atoms with Crippen molar-refractivity contribution in [3.05, 3.63) is 64.2 Å². The Kier molecular flexibility index (Phi) is 4.60. The highest BCUT2D eigenvalue weighted by atomic mass is 16.5. The van der Waals surface area contributed by atoms with Crippen molar-refractivity contribution >= 4 is 11.8 Å². The molecule has 0 saturated carbocycles. The van der Waals surface area contributed by atoms with Crippen LogP contribution < -0.4 is 10.1 Å². The van der Waals surface area contributed by atoms with Crippen molar-refractivity contribution in [2.45, 2.75) is 57.5 Å². The van der Waals surface area contributed by atoms with E-state index in [2.05, 4.69) is 23.5 Å². The number of aliphatic hydroxyl groups is 1. The first-order valence-corrected chi connectivity index (χ1v) is 10.2. The molecule has 2 aromatic rings. The number of hydrogen-bond acceptors (Lipinski definition) is 5. The summed E-state index contributed by atoms with van der Waals surface area (Å²) < 4.78 is 6.13. The van der Waals surface area contributed by atoms with E-state index in [0.29, 0.717) is 19.6 Å². The van der Waals surface area contributed by atoms with Crippen molar-refractivity contribution in [1.82, 2.24) is 10.2 Å². The van der Waals surface area contributed by atoms with Gasteiger partial charge in [-0.25, -0.2) is 0 Å². The van der Waals surface area contributed by atoms with Gasteiger partial charge < -0.3 is 9.84 Å². The molecule has 2 N–H and O–H groups in total. The van der Waals surface area contributed by atoms with Gasteiger partial charge in [0.25, 0.3) is 0 Å². The van der Waals surface area contributed by atoms with E-state index in [9.17, 15) is 14.7 Å². The zero-order valence-corrected chi connectivity index (χ0v) is 16.2. The normalized spacial score (nSPS) is 23.6. The Hall–Kier alpha value is -2.70. The van der Waals surface area contributed by atoms with E-state index < -0.39 is 12.3 Å². The molecule has 0 radical (unpaired) electrons. The molecule has 0 spiro atoms. The highest BCUT2D eigenvalue weighted by Crippen LogP contribution is 2.39. The average molecular weight is 392 g/mol. The minimum Gasteiger partial charge on any atom is -0.489 e. The molecule has 2 heterocycles. The molecule has 5 rings (SSSR count). The summed E-state index contributed by atoms with van der Waals surface area (Å²) in [6.45, 7) is 0.890. The number of nitrogens with zero attached hydrogens (tertiary/aromatic N) is 1. The fourth-order valence-corrected chi connectivity index (χ4v) is 4.73. The van der Waals surface area contributed by atoms with Crippen molar-refractivity contribution in [1.29, 1.82) is 0 Å². The molecule has 2 amide bonds. The number of benzene rings is 2. The highest BCUT2D eigenvalue weighted by molar-refractivity contribution is 6.00. The van der Waals surface area contributed by atoms with Crippen LogP contribution in [0.4, 0.5) is 0 Å². The van der Waals surface area contributed by atoms with Gasteiger partial charge in [-0.1, -0.05) is 30.3 Å². The molecule has 6 heteroatoms. The van der Waals surface area contributed by atoms with Gasteiger partial charge >= 0.3 is 0 Å². The average Bonchev–Trinajstić information content (AvgIpc) is 3.31. The molecule has 6 nitrogen and oxygen atoms in total. The number of amides is 2. The van der Waals surface area contributed by atoms with Crippen molar-refractivity contribution in [3.63, 3.8) is 0 Å². The van der Waals surface area contributed by atoms with Crippen LogP contribution in [-0.2, 0) is 35.6 Å². The molecule has 2 atom stereocenters. The first kappa shape index (κ1) is 18.3. The number of aryl methyl sites for hydroxylation is 2. The van der Waals surface area contributed by atoms with E-state index in [0.717, 1.165) is 35.3 Å². The Morgan fingerprint density at radius 2 is 1.97 bits per heavy atom. The summed E-state index contributed by atoms with van der Waals surface area (Å²) >= 11 is 0. The second kappa shape index (κ2) is 7.28. The molecule has 3 aliphatic rings. The molecular weight excluding hydrogens is 368 g/mol. The Bertz CT molecular complexity index is 987. The smallest absolute Gasteiger partial charge is 0.244 e. The third-order valence-corrected chi connectivity index (χ3v) is 6.27. The van der Waals surface area contributed by atoms with Gasteiger partial charge in [0.2, 0.25) is 11.8 Å². The Balaban J connectivity index is 1.33. The minimum atomic E-state index is -0.877. The largest absolute Gasteiger partial charge is 0.489 e. The number of carbonyl (C=O) groups is 2. The number of piperidine rings is 1. The van der Waals surface area contributed by atoms with Crippen LogP contribution in [0.3, 0.4) is 0 Å². The predicted molar refractivity (Wildman–Crippen MR) is 106 cm³/mol. The number of nitrogens with one attached hydrogen (secondary N) is 1. The topological polar surface area (TPSA) is 78.9 Å². The first-order valence-electron chi connectivity index (χ1n) is 10.2. The van der Waals surface area contributed by atoms with Crippen LogP contribution in [-0.4, -0.2) is 27.9 Å². The lowest BCUT2D eigenvalue weighted by Gasteiger charge is -2.31. The lowest BCUT2D eigenvalue weighted by molar-refractivity contribution is -0.141. The number of rotatable bonds is 4. The van der Waals surface area contributed by atoms with E-state index in [-0.39, 0.29) is 18.2 Å². The van der Waals surface area contributed by atoms with Crippen LogP contribution in [0.2, 0.25) is 0 Å². The van der Waals surface area contributed by atoms with E-state index in [1.807, 2.05) is 18.2 Å². The number of carbonyl (C=O) groups excluding carboxylic acids is 2. The van der Waals surface area contributed by atoms with Gasteiger partial charge in [-0.05, 0) is 48.4 Å². The van der Waals surface area contributed by atoms with E-state index in [1.165, 1.54) is 17.5 Å². The summed E-state index contributed by atoms with van der Waals surface area (Å²) in [5.41, 5.74) is 5.68. The maximum Gasteiger partial charge on any atom is 0.244 e. The molecule has 29 heavy (non-hydrogen) atoms. The number of fused-ring (bicyclic) bond motifs is 2. The molecule has 1 fully saturated rings. The van der Waals surface area contributed by atoms with Gasteiger partial charge in [0.15, 0.2) is 0 Å². The molecular formula is C23H24N2O4. The zero-order chi connectivity index (χ0) is 20.0. The van der Waals surface area contributed by atoms with Crippen LogP contribution >= 0.6 is 0 Å². The summed E-state index contributed by atoms with van der Waals surface area (Å²) in [5, 5.41) is 13.2. The van der Waals surface area contributed by atoms with E-state index >= 15 is 0 Å². The summed E-state index contributed by atoms with van der Waals surface area (Å²) in [4.78, 5) is 25.5. The van der Waals surface area contributed by atoms with E-state index in [4.69, 9.17) is 4.74 Å². The standard InChI is InChI=1S/C23H24N2O4/c26-21-10-9-19(22(27)24-21)25-12-18-17(23(25)28)5-2-6-20(18)29-13-14-7-8-15-3-1-4-16(15)11-14/h2,5-8,11,19,23,28H,1,3-4,9-10,12-13H2,(H,24,26,27). The number of imide groups is 1. The van der Waals surface area contributed by atoms with Crippen LogP contribution in [0.25, 0.3) is 0 Å². The first-order chi connectivity index (χ1) is 14.1. The fraction of sp³-hybridized carbons (Fsp3) is 0.391. The SMILES string of the molecule is O=C1CCC(N2Cc3c(OCc4ccc5c(c4)CCC5)cccc3C2O)C(=O)N1. The van der Waals surface area contributed by atoms with Crippen LogP contribution in [0, 0.1) is 0 Å². The maximum absolute atomic E-state index is 12.3. The zero-order valence-electron chi connectivity index (χ0n) is 16.2. The van der Waals surface area contributed by atoms with Crippen molar-refractivity contribution in [3.8, 4) is 5.75 Å². The summed E-state index contributed by atoms with van der Waals surface area (Å²) in [7, 11) is 0. The Labute approximate surface area is 169 Å². The minimum absolute atomic E-state index is 0.254. The van der Waals surface area contributed by atoms with Crippen LogP contribution in [0.1, 0.15) is 53.3 Å². The molecule has 2 aromatic carbocycles. The van der Waals surface area contributed by atoms with Gasteiger partial charge in [-0.3, -0.25) is 19.8 Å². The molecule has 1 aliphatic carbocycles. The molecule has 1 saturated heterocycles. The number of ether oxygens (including phenoxy) is 1. The summed E-state index contributed by atoms with van der Waals surface area (Å²) in [5.74, 6) is 0.140. The predicted octanol–water partition coefficient (Wildman–Crippen LogP) is 2.37. The van der Waals surface area contributed by atoms with Gasteiger partial charge in [0.1, 0.15) is 18.6 Å². The van der Waals surface area contributed by atoms with Crippen LogP contribution in [0.15, 0.2) is 36.4 Å². The fourth-order valence-electron chi connectivity index (χ4n) is 4.73. The van der Waals surface area contributed by atoms with Gasteiger partial charge in [0.05, 0.1) is 6.04 Å². The van der Waals surface area contributed by atoms with Crippen molar-refractivity contribution in [2.24, 2.45) is 0 Å². The van der Waals surface area contributed by atoms with E-state index in [1.54, 1.807) is 4.90 Å². The van der Waals surface area contributed by atoms with Gasteiger partial charge in [-0.2, -0.15) is 0 Å². The maximum atomic E-state index is 12.3. The van der Waals surface area contributed by atoms with Crippen molar-refractivity contribution in [2.75, 3.05) is 0 Å². The monoisotopic (exact) mass is 392 g/mol. The lowest BCUT2D eigenvalue weighted by Crippen LogP contribution is -2.51. The second-order valence-corrected chi connectivity index (χ2v) is 8.08. The van der Waals surface area contributed by atoms with Crippen LogP contribution in [0.5, 0.6) is 5.75 Å². The summed E-state index contributed by atoms with van der Waals surface area (Å²) in [6, 6.07) is 11.7. The Morgan fingerprint density at radius 1 is 1.10 bits per heavy atom. The molecule has 150 valence electrons. The quantitative estimate of drug-likeness (QED) is 0.781. The second-order valence-electron chi connectivity index (χ2n) is 8.08. The van der Waals surface area contributed by atoms with Gasteiger partial charge in [0, 0.05) is 24.1 Å². The third-order valence-electron chi connectivity index (χ3n) is 6.27. The highest BCUT2D eigenvalue weighted by Gasteiger charge is 2.40. The molecule has 2 aliphatic heterocycles. The number of aliphatic hydroxyl groups excluding tert-OH is 1. The number of hydrogen-bond donors (Lipinski definition) is 2. The van der Waals surface area contributed by atoms with Crippen molar-refractivity contribution < 1.29 is 19.4 Å². The van der Waals surface area contributed by atoms with Gasteiger partial charge in [-0.15, -0.1) is 0 Å².